The van der Waals surface area contributed by atoms with E-state index in [9.17, 15) is 13.2 Å². The van der Waals surface area contributed by atoms with E-state index in [-0.39, 0.29) is 0 Å². The molecule has 0 saturated heterocycles. The molecule has 1 aromatic carbocycles. The van der Waals surface area contributed by atoms with E-state index in [1.54, 1.807) is 4.52 Å². The Bertz CT molecular complexity index is 872. The highest BCUT2D eigenvalue weighted by Gasteiger charge is 2.28. The van der Waals surface area contributed by atoms with E-state index in [4.69, 9.17) is 0 Å². The molecular formula is C17H20F3N5. The number of aromatic nitrogens is 3. The van der Waals surface area contributed by atoms with Crippen LogP contribution in [0.15, 0.2) is 30.3 Å². The number of hydrogen-bond donors (Lipinski definition) is 1. The lowest BCUT2D eigenvalue weighted by Gasteiger charge is -2.18. The van der Waals surface area contributed by atoms with Crippen molar-refractivity contribution in [1.29, 1.82) is 0 Å². The van der Waals surface area contributed by atoms with Crippen LogP contribution in [0.25, 0.3) is 16.6 Å². The molecule has 5 nitrogen and oxygen atoms in total. The van der Waals surface area contributed by atoms with E-state index in [1.807, 2.05) is 37.3 Å². The number of fused-ring (bicyclic) bond motifs is 3. The van der Waals surface area contributed by atoms with Crippen molar-refractivity contribution >= 4 is 22.4 Å². The second-order valence-corrected chi connectivity index (χ2v) is 6.17. The molecular weight excluding hydrogens is 331 g/mol. The third kappa shape index (κ3) is 4.19. The third-order valence-corrected chi connectivity index (χ3v) is 3.88. The molecule has 1 N–H and O–H groups in total. The van der Waals surface area contributed by atoms with Crippen molar-refractivity contribution in [2.45, 2.75) is 19.5 Å². The summed E-state index contributed by atoms with van der Waals surface area (Å²) in [6.45, 7) is 1.92. The van der Waals surface area contributed by atoms with E-state index >= 15 is 0 Å². The van der Waals surface area contributed by atoms with Crippen LogP contribution in [0.1, 0.15) is 12.1 Å². The molecule has 25 heavy (non-hydrogen) atoms. The summed E-state index contributed by atoms with van der Waals surface area (Å²) in [5, 5.41) is 8.63. The predicted octanol–water partition coefficient (Wildman–Crippen LogP) is 3.49. The Labute approximate surface area is 143 Å². The number of nitrogens with one attached hydrogen (secondary N) is 1. The lowest BCUT2D eigenvalue weighted by molar-refractivity contribution is -0.142. The highest BCUT2D eigenvalue weighted by Crippen LogP contribution is 2.23. The van der Waals surface area contributed by atoms with Gasteiger partial charge in [0.2, 0.25) is 0 Å². The van der Waals surface area contributed by atoms with Gasteiger partial charge in [0.15, 0.2) is 5.65 Å². The third-order valence-electron chi connectivity index (χ3n) is 3.88. The first kappa shape index (κ1) is 17.5. The number of alkyl halides is 3. The van der Waals surface area contributed by atoms with Gasteiger partial charge < -0.3 is 5.32 Å². The Kier molecular flexibility index (Phi) is 4.80. The van der Waals surface area contributed by atoms with Crippen LogP contribution >= 0.6 is 0 Å². The van der Waals surface area contributed by atoms with Crippen molar-refractivity contribution in [2.75, 3.05) is 32.0 Å². The Morgan fingerprint density at radius 2 is 2.00 bits per heavy atom. The fourth-order valence-corrected chi connectivity index (χ4v) is 2.85. The van der Waals surface area contributed by atoms with E-state index < -0.39 is 12.7 Å². The molecule has 0 radical (unpaired) electrons. The molecule has 0 unspecified atom stereocenters. The Morgan fingerprint density at radius 1 is 1.24 bits per heavy atom. The Morgan fingerprint density at radius 3 is 2.76 bits per heavy atom. The summed E-state index contributed by atoms with van der Waals surface area (Å²) in [5.41, 5.74) is 2.56. The van der Waals surface area contributed by atoms with Crippen LogP contribution in [-0.2, 0) is 0 Å². The smallest absolute Gasteiger partial charge is 0.369 e. The first-order valence-corrected chi connectivity index (χ1v) is 8.08. The molecule has 0 bridgehead atoms. The van der Waals surface area contributed by atoms with Gasteiger partial charge >= 0.3 is 6.18 Å². The zero-order chi connectivity index (χ0) is 18.0. The van der Waals surface area contributed by atoms with Crippen molar-refractivity contribution in [3.8, 4) is 0 Å². The molecule has 2 heterocycles. The normalized spacial score (nSPS) is 12.4. The highest BCUT2D eigenvalue weighted by molar-refractivity contribution is 5.91. The molecule has 0 aliphatic rings. The van der Waals surface area contributed by atoms with E-state index in [2.05, 4.69) is 15.4 Å². The first-order valence-electron chi connectivity index (χ1n) is 8.08. The summed E-state index contributed by atoms with van der Waals surface area (Å²) in [6, 6.07) is 9.69. The highest BCUT2D eigenvalue weighted by atomic mass is 19.4. The maximum atomic E-state index is 12.3. The maximum absolute atomic E-state index is 12.3. The summed E-state index contributed by atoms with van der Waals surface area (Å²) in [5.74, 6) is 0.724. The van der Waals surface area contributed by atoms with Gasteiger partial charge in [0.25, 0.3) is 0 Å². The minimum atomic E-state index is -4.16. The van der Waals surface area contributed by atoms with Crippen molar-refractivity contribution in [1.82, 2.24) is 19.5 Å². The molecule has 0 aliphatic heterocycles. The van der Waals surface area contributed by atoms with Gasteiger partial charge in [-0.2, -0.15) is 18.3 Å². The molecule has 0 saturated carbocycles. The number of aryl methyl sites for hydroxylation is 1. The van der Waals surface area contributed by atoms with Gasteiger partial charge in [-0.15, -0.1) is 0 Å². The Hall–Kier alpha value is -2.35. The molecule has 0 atom stereocenters. The summed E-state index contributed by atoms with van der Waals surface area (Å²) in [4.78, 5) is 5.87. The quantitative estimate of drug-likeness (QED) is 0.691. The average molecular weight is 351 g/mol. The van der Waals surface area contributed by atoms with Gasteiger partial charge in [0.05, 0.1) is 17.8 Å². The standard InChI is InChI=1S/C17H20F3N5/c1-12-10-15-22-16(13-6-3-4-7-14(13)25(15)23-12)21-8-5-9-24(2)11-17(18,19)20/h3-4,6-7,10H,5,8-9,11H2,1-2H3,(H,21,22). The van der Waals surface area contributed by atoms with Crippen LogP contribution in [0.3, 0.4) is 0 Å². The summed E-state index contributed by atoms with van der Waals surface area (Å²) >= 11 is 0. The minimum absolute atomic E-state index is 0.360. The summed E-state index contributed by atoms with van der Waals surface area (Å²) in [7, 11) is 1.47. The molecule has 134 valence electrons. The van der Waals surface area contributed by atoms with Crippen molar-refractivity contribution in [2.24, 2.45) is 0 Å². The molecule has 3 rings (SSSR count). The molecule has 3 aromatic rings. The van der Waals surface area contributed by atoms with Crippen LogP contribution in [-0.4, -0.2) is 52.4 Å². The van der Waals surface area contributed by atoms with Crippen LogP contribution < -0.4 is 5.32 Å². The topological polar surface area (TPSA) is 45.5 Å². The van der Waals surface area contributed by atoms with Crippen LogP contribution in [0.2, 0.25) is 0 Å². The van der Waals surface area contributed by atoms with E-state index in [0.717, 1.165) is 28.1 Å². The molecule has 0 fully saturated rings. The molecule has 0 aliphatic carbocycles. The zero-order valence-electron chi connectivity index (χ0n) is 14.1. The van der Waals surface area contributed by atoms with Gasteiger partial charge in [-0.3, -0.25) is 4.90 Å². The van der Waals surface area contributed by atoms with Gasteiger partial charge in [-0.1, -0.05) is 12.1 Å². The minimum Gasteiger partial charge on any atom is -0.369 e. The lowest BCUT2D eigenvalue weighted by Crippen LogP contribution is -2.32. The van der Waals surface area contributed by atoms with E-state index in [0.29, 0.717) is 19.5 Å². The number of halogens is 3. The van der Waals surface area contributed by atoms with E-state index in [1.165, 1.54) is 11.9 Å². The van der Waals surface area contributed by atoms with Gasteiger partial charge in [-0.05, 0) is 39.1 Å². The largest absolute Gasteiger partial charge is 0.401 e. The van der Waals surface area contributed by atoms with Crippen LogP contribution in [0.4, 0.5) is 19.0 Å². The van der Waals surface area contributed by atoms with Gasteiger partial charge in [0.1, 0.15) is 5.82 Å². The number of nitrogens with zero attached hydrogens (tertiary/aromatic N) is 4. The SMILES string of the molecule is Cc1cc2nc(NCCCN(C)CC(F)(F)F)c3ccccc3n2n1. The molecule has 8 heteroatoms. The fourth-order valence-electron chi connectivity index (χ4n) is 2.85. The average Bonchev–Trinajstić information content (AvgIpc) is 2.90. The number of hydrogen-bond acceptors (Lipinski definition) is 4. The molecule has 2 aromatic heterocycles. The molecule has 0 amide bonds. The van der Waals surface area contributed by atoms with Gasteiger partial charge in [0, 0.05) is 18.0 Å². The summed E-state index contributed by atoms with van der Waals surface area (Å²) in [6.07, 6.45) is -3.57. The van der Waals surface area contributed by atoms with Crippen LogP contribution in [0, 0.1) is 6.92 Å². The second-order valence-electron chi connectivity index (χ2n) is 6.17. The van der Waals surface area contributed by atoms with Crippen molar-refractivity contribution < 1.29 is 13.2 Å². The lowest BCUT2D eigenvalue weighted by atomic mass is 10.2. The van der Waals surface area contributed by atoms with Crippen molar-refractivity contribution in [3.63, 3.8) is 0 Å². The second kappa shape index (κ2) is 6.87. The monoisotopic (exact) mass is 351 g/mol. The number of para-hydroxylation sites is 1. The zero-order valence-corrected chi connectivity index (χ0v) is 14.1. The fraction of sp³-hybridized carbons (Fsp3) is 0.412. The number of benzene rings is 1. The van der Waals surface area contributed by atoms with Crippen LogP contribution in [0.5, 0.6) is 0 Å². The predicted molar refractivity (Wildman–Crippen MR) is 91.9 cm³/mol. The Balaban J connectivity index is 1.71. The number of anilines is 1. The first-order chi connectivity index (χ1) is 11.8. The molecule has 0 spiro atoms. The number of rotatable bonds is 6. The maximum Gasteiger partial charge on any atom is 0.401 e. The summed E-state index contributed by atoms with van der Waals surface area (Å²) < 4.78 is 38.8. The van der Waals surface area contributed by atoms with Gasteiger partial charge in [-0.25, -0.2) is 9.50 Å². The van der Waals surface area contributed by atoms with Crippen molar-refractivity contribution in [3.05, 3.63) is 36.0 Å².